The van der Waals surface area contributed by atoms with Crippen LogP contribution in [0.1, 0.15) is 42.5 Å². The number of carboxylic acid groups (broad SMARTS) is 1. The van der Waals surface area contributed by atoms with E-state index < -0.39 is 5.41 Å². The molecule has 1 aromatic heterocycles. The van der Waals surface area contributed by atoms with E-state index in [0.29, 0.717) is 42.8 Å². The van der Waals surface area contributed by atoms with Crippen LogP contribution in [0.5, 0.6) is 0 Å². The van der Waals surface area contributed by atoms with Crippen molar-refractivity contribution in [2.45, 2.75) is 38.2 Å². The molecule has 34 heavy (non-hydrogen) atoms. The van der Waals surface area contributed by atoms with Crippen LogP contribution in [0.4, 0.5) is 4.39 Å². The van der Waals surface area contributed by atoms with Crippen molar-refractivity contribution in [2.24, 2.45) is 5.41 Å². The molecule has 0 saturated carbocycles. The first-order valence-electron chi connectivity index (χ1n) is 11.6. The van der Waals surface area contributed by atoms with Gasteiger partial charge in [0.1, 0.15) is 11.9 Å². The number of cyclic esters (lactones) is 1. The van der Waals surface area contributed by atoms with Gasteiger partial charge >= 0.3 is 5.97 Å². The Bertz CT molecular complexity index is 1030. The van der Waals surface area contributed by atoms with Crippen LogP contribution in [0.3, 0.4) is 0 Å². The van der Waals surface area contributed by atoms with Crippen molar-refractivity contribution in [1.82, 2.24) is 20.0 Å². The fourth-order valence-corrected chi connectivity index (χ4v) is 5.22. The number of hydrogen-bond acceptors (Lipinski definition) is 6. The monoisotopic (exact) mass is 472 g/mol. The lowest BCUT2D eigenvalue weighted by atomic mass is 9.76. The zero-order valence-electron chi connectivity index (χ0n) is 18.9. The Labute approximate surface area is 196 Å². The molecule has 5 rings (SSSR count). The summed E-state index contributed by atoms with van der Waals surface area (Å²) in [7, 11) is 0. The largest absolute Gasteiger partial charge is 0.483 e. The van der Waals surface area contributed by atoms with Crippen molar-refractivity contribution in [3.8, 4) is 11.3 Å². The first-order valence-corrected chi connectivity index (χ1v) is 11.6. The molecule has 3 aliphatic rings. The summed E-state index contributed by atoms with van der Waals surface area (Å²) >= 11 is 0. The number of carbonyl (C=O) groups is 3. The average molecular weight is 473 g/mol. The lowest BCUT2D eigenvalue weighted by Crippen LogP contribution is -2.45. The molecule has 2 N–H and O–H groups in total. The second-order valence-corrected chi connectivity index (χ2v) is 9.09. The van der Waals surface area contributed by atoms with Gasteiger partial charge in [0.05, 0.1) is 22.9 Å². The van der Waals surface area contributed by atoms with E-state index >= 15 is 0 Å². The SMILES string of the molecule is O=C(c1cn[nH]c1-c1cccc(F)c1)N1CCC2(CC1)CC(CN1CCCC1)OC2=O.O=CO. The summed E-state index contributed by atoms with van der Waals surface area (Å²) in [4.78, 5) is 38.4. The molecule has 3 fully saturated rings. The molecule has 4 heterocycles. The fourth-order valence-electron chi connectivity index (χ4n) is 5.22. The van der Waals surface area contributed by atoms with Crippen LogP contribution in [-0.2, 0) is 14.3 Å². The van der Waals surface area contributed by atoms with Gasteiger partial charge in [-0.3, -0.25) is 24.4 Å². The summed E-state index contributed by atoms with van der Waals surface area (Å²) < 4.78 is 19.4. The first-order chi connectivity index (χ1) is 16.5. The van der Waals surface area contributed by atoms with Crippen LogP contribution in [0.15, 0.2) is 30.5 Å². The Kier molecular flexibility index (Phi) is 7.26. The number of halogens is 1. The van der Waals surface area contributed by atoms with Crippen molar-refractivity contribution >= 4 is 18.3 Å². The Morgan fingerprint density at radius 1 is 1.26 bits per heavy atom. The molecule has 1 spiro atoms. The van der Waals surface area contributed by atoms with Gasteiger partial charge in [-0.2, -0.15) is 5.10 Å². The summed E-state index contributed by atoms with van der Waals surface area (Å²) in [6.45, 7) is 3.74. The van der Waals surface area contributed by atoms with Gasteiger partial charge in [0.15, 0.2) is 0 Å². The summed E-state index contributed by atoms with van der Waals surface area (Å²) in [5, 5.41) is 13.7. The third-order valence-electron chi connectivity index (χ3n) is 6.98. The number of likely N-dealkylation sites (tertiary alicyclic amines) is 2. The number of nitrogens with one attached hydrogen (secondary N) is 1. The molecule has 3 saturated heterocycles. The highest BCUT2D eigenvalue weighted by Gasteiger charge is 2.51. The van der Waals surface area contributed by atoms with Gasteiger partial charge < -0.3 is 14.7 Å². The predicted molar refractivity (Wildman–Crippen MR) is 120 cm³/mol. The molecule has 1 unspecified atom stereocenters. The van der Waals surface area contributed by atoms with E-state index in [1.807, 2.05) is 0 Å². The molecule has 9 nitrogen and oxygen atoms in total. The molecule has 0 aliphatic carbocycles. The molecule has 10 heteroatoms. The van der Waals surface area contributed by atoms with Gasteiger partial charge in [-0.15, -0.1) is 0 Å². The zero-order chi connectivity index (χ0) is 24.1. The number of nitrogens with zero attached hydrogens (tertiary/aromatic N) is 3. The third-order valence-corrected chi connectivity index (χ3v) is 6.98. The standard InChI is InChI=1S/C23H27FN4O3.CH2O2/c24-17-5-3-4-16(12-17)20-19(14-25-26-20)21(29)28-10-6-23(7-11-28)13-18(31-22(23)30)15-27-8-1-2-9-27;2-1-3/h3-5,12,14,18H,1-2,6-11,13,15H2,(H,25,26);1H,(H,2,3). The van der Waals surface area contributed by atoms with Gasteiger partial charge in [0.25, 0.3) is 12.4 Å². The number of carbonyl (C=O) groups excluding carboxylic acids is 2. The number of hydrogen-bond donors (Lipinski definition) is 2. The number of esters is 1. The van der Waals surface area contributed by atoms with Crippen LogP contribution in [0.25, 0.3) is 11.3 Å². The highest BCUT2D eigenvalue weighted by Crippen LogP contribution is 2.43. The number of H-pyrrole nitrogens is 1. The molecule has 2 aromatic rings. The van der Waals surface area contributed by atoms with Gasteiger partial charge in [-0.05, 0) is 50.9 Å². The minimum absolute atomic E-state index is 0.0405. The van der Waals surface area contributed by atoms with Crippen molar-refractivity contribution in [1.29, 1.82) is 0 Å². The second kappa shape index (κ2) is 10.3. The molecule has 1 amide bonds. The van der Waals surface area contributed by atoms with E-state index in [0.717, 1.165) is 26.1 Å². The van der Waals surface area contributed by atoms with E-state index in [2.05, 4.69) is 15.1 Å². The van der Waals surface area contributed by atoms with Crippen LogP contribution < -0.4 is 0 Å². The van der Waals surface area contributed by atoms with E-state index in [1.165, 1.54) is 31.2 Å². The highest BCUT2D eigenvalue weighted by molar-refractivity contribution is 6.00. The lowest BCUT2D eigenvalue weighted by Gasteiger charge is -2.36. The first kappa shape index (κ1) is 23.9. The highest BCUT2D eigenvalue weighted by atomic mass is 19.1. The number of aromatic nitrogens is 2. The number of ether oxygens (including phenoxy) is 1. The minimum atomic E-state index is -0.469. The predicted octanol–water partition coefficient (Wildman–Crippen LogP) is 2.55. The summed E-state index contributed by atoms with van der Waals surface area (Å²) in [6.07, 6.45) is 5.85. The number of amides is 1. The maximum absolute atomic E-state index is 13.6. The molecule has 0 bridgehead atoms. The number of rotatable bonds is 4. The fraction of sp³-hybridized carbons (Fsp3) is 0.500. The third kappa shape index (κ3) is 4.96. The Morgan fingerprint density at radius 3 is 2.65 bits per heavy atom. The summed E-state index contributed by atoms with van der Waals surface area (Å²) in [6, 6.07) is 6.09. The minimum Gasteiger partial charge on any atom is -0.483 e. The van der Waals surface area contributed by atoms with Crippen LogP contribution >= 0.6 is 0 Å². The van der Waals surface area contributed by atoms with Gasteiger partial charge in [0, 0.05) is 31.6 Å². The number of piperidine rings is 1. The van der Waals surface area contributed by atoms with Crippen LogP contribution in [0.2, 0.25) is 0 Å². The van der Waals surface area contributed by atoms with Crippen molar-refractivity contribution in [3.05, 3.63) is 41.8 Å². The van der Waals surface area contributed by atoms with Crippen LogP contribution in [-0.4, -0.2) is 82.3 Å². The average Bonchev–Trinajstić information content (AvgIpc) is 3.57. The van der Waals surface area contributed by atoms with E-state index in [-0.39, 0.29) is 30.3 Å². The number of benzene rings is 1. The lowest BCUT2D eigenvalue weighted by molar-refractivity contribution is -0.151. The van der Waals surface area contributed by atoms with Crippen molar-refractivity contribution in [2.75, 3.05) is 32.7 Å². The molecule has 0 radical (unpaired) electrons. The van der Waals surface area contributed by atoms with Gasteiger partial charge in [-0.1, -0.05) is 12.1 Å². The maximum Gasteiger partial charge on any atom is 0.312 e. The van der Waals surface area contributed by atoms with Crippen molar-refractivity contribution < 1.29 is 28.6 Å². The van der Waals surface area contributed by atoms with Crippen molar-refractivity contribution in [3.63, 3.8) is 0 Å². The zero-order valence-corrected chi connectivity index (χ0v) is 18.9. The quantitative estimate of drug-likeness (QED) is 0.519. The smallest absolute Gasteiger partial charge is 0.312 e. The van der Waals surface area contributed by atoms with Gasteiger partial charge in [0.2, 0.25) is 0 Å². The van der Waals surface area contributed by atoms with E-state index in [4.69, 9.17) is 14.6 Å². The Morgan fingerprint density at radius 2 is 1.97 bits per heavy atom. The summed E-state index contributed by atoms with van der Waals surface area (Å²) in [5.41, 5.74) is 1.04. The Hall–Kier alpha value is -3.27. The molecular weight excluding hydrogens is 443 g/mol. The maximum atomic E-state index is 13.6. The molecule has 182 valence electrons. The molecule has 3 aliphatic heterocycles. The number of aromatic amines is 1. The molecule has 1 atom stereocenters. The summed E-state index contributed by atoms with van der Waals surface area (Å²) in [5.74, 6) is -0.621. The molecular formula is C24H29FN4O5. The van der Waals surface area contributed by atoms with Gasteiger partial charge in [-0.25, -0.2) is 4.39 Å². The van der Waals surface area contributed by atoms with E-state index in [9.17, 15) is 14.0 Å². The second-order valence-electron chi connectivity index (χ2n) is 9.09. The Balaban J connectivity index is 0.000000868. The topological polar surface area (TPSA) is 116 Å². The van der Waals surface area contributed by atoms with Crippen LogP contribution in [0, 0.1) is 11.2 Å². The molecule has 1 aromatic carbocycles. The normalized spacial score (nSPS) is 21.7. The van der Waals surface area contributed by atoms with E-state index in [1.54, 1.807) is 17.0 Å².